The monoisotopic (exact) mass is 405 g/mol. The fourth-order valence-corrected chi connectivity index (χ4v) is 4.05. The van der Waals surface area contributed by atoms with Gasteiger partial charge in [0, 0.05) is 51.9 Å². The Balaban J connectivity index is 1.40. The molecule has 0 unspecified atom stereocenters. The summed E-state index contributed by atoms with van der Waals surface area (Å²) in [6.07, 6.45) is 6.04. The van der Waals surface area contributed by atoms with E-state index < -0.39 is 0 Å². The molecule has 1 aliphatic heterocycles. The van der Waals surface area contributed by atoms with E-state index in [9.17, 15) is 9.59 Å². The number of anilines is 1. The van der Waals surface area contributed by atoms with Crippen molar-refractivity contribution in [2.45, 2.75) is 26.3 Å². The van der Waals surface area contributed by atoms with Gasteiger partial charge in [-0.05, 0) is 48.8 Å². The lowest BCUT2D eigenvalue weighted by molar-refractivity contribution is -0.114. The molecule has 2 aliphatic rings. The van der Waals surface area contributed by atoms with Gasteiger partial charge in [0.1, 0.15) is 5.69 Å². The van der Waals surface area contributed by atoms with Gasteiger partial charge in [0.2, 0.25) is 0 Å². The van der Waals surface area contributed by atoms with Crippen LogP contribution in [0.4, 0.5) is 5.69 Å². The van der Waals surface area contributed by atoms with Gasteiger partial charge < -0.3 is 10.2 Å². The second kappa shape index (κ2) is 8.36. The number of aromatic nitrogens is 2. The smallest absolute Gasteiger partial charge is 0.269 e. The summed E-state index contributed by atoms with van der Waals surface area (Å²) in [5.41, 5.74) is 5.34. The summed E-state index contributed by atoms with van der Waals surface area (Å²) < 4.78 is 0. The van der Waals surface area contributed by atoms with Gasteiger partial charge >= 0.3 is 0 Å². The molecule has 0 radical (unpaired) electrons. The first-order chi connectivity index (χ1) is 14.5. The van der Waals surface area contributed by atoms with Gasteiger partial charge in [-0.3, -0.25) is 19.5 Å². The fraction of sp³-hybridized carbons (Fsp3) is 0.391. The number of hydrogen-bond donors (Lipinski definition) is 1. The first-order valence-corrected chi connectivity index (χ1v) is 10.3. The molecule has 0 spiro atoms. The molecule has 1 saturated heterocycles. The van der Waals surface area contributed by atoms with Crippen LogP contribution in [0.1, 0.15) is 47.2 Å². The summed E-state index contributed by atoms with van der Waals surface area (Å²) in [4.78, 5) is 37.3. The third kappa shape index (κ3) is 3.98. The maximum absolute atomic E-state index is 12.0. The number of pyridine rings is 2. The Labute approximate surface area is 176 Å². The molecule has 7 nitrogen and oxygen atoms in total. The van der Waals surface area contributed by atoms with E-state index in [2.05, 4.69) is 38.1 Å². The zero-order valence-electron chi connectivity index (χ0n) is 17.7. The first-order valence-electron chi connectivity index (χ1n) is 10.3. The average molecular weight is 406 g/mol. The van der Waals surface area contributed by atoms with Crippen LogP contribution in [-0.4, -0.2) is 59.8 Å². The molecule has 4 rings (SSSR count). The highest BCUT2D eigenvalue weighted by Crippen LogP contribution is 2.27. The highest BCUT2D eigenvalue weighted by molar-refractivity contribution is 6.02. The molecule has 1 amide bonds. The Kier molecular flexibility index (Phi) is 5.63. The van der Waals surface area contributed by atoms with Crippen LogP contribution < -0.4 is 10.2 Å². The summed E-state index contributed by atoms with van der Waals surface area (Å²) in [5, 5.41) is 2.59. The van der Waals surface area contributed by atoms with Crippen molar-refractivity contribution in [2.24, 2.45) is 0 Å². The van der Waals surface area contributed by atoms with Crippen LogP contribution in [0.2, 0.25) is 0 Å². The number of nitrogens with one attached hydrogen (secondary N) is 1. The minimum absolute atomic E-state index is 0.175. The Hall–Kier alpha value is -3.06. The van der Waals surface area contributed by atoms with Crippen molar-refractivity contribution in [3.8, 4) is 0 Å². The maximum atomic E-state index is 12.0. The van der Waals surface area contributed by atoms with Crippen molar-refractivity contribution < 1.29 is 9.59 Å². The summed E-state index contributed by atoms with van der Waals surface area (Å²) in [7, 11) is 1.60. The quantitative estimate of drug-likeness (QED) is 0.841. The molecule has 1 N–H and O–H groups in total. The fourth-order valence-electron chi connectivity index (χ4n) is 4.05. The third-order valence-electron chi connectivity index (χ3n) is 6.08. The molecule has 1 aliphatic carbocycles. The van der Waals surface area contributed by atoms with E-state index in [0.29, 0.717) is 12.1 Å². The summed E-state index contributed by atoms with van der Waals surface area (Å²) >= 11 is 0. The number of Topliss-reactive ketones (excluding diaryl/α,β-unsaturated/α-hetero) is 1. The topological polar surface area (TPSA) is 78.4 Å². The predicted molar refractivity (Wildman–Crippen MR) is 116 cm³/mol. The van der Waals surface area contributed by atoms with Crippen LogP contribution in [-0.2, 0) is 11.2 Å². The summed E-state index contributed by atoms with van der Waals surface area (Å²) in [6, 6.07) is 6.10. The van der Waals surface area contributed by atoms with Gasteiger partial charge in [-0.25, -0.2) is 4.98 Å². The van der Waals surface area contributed by atoms with Crippen LogP contribution in [0.5, 0.6) is 0 Å². The number of carbonyl (C=O) groups excluding carboxylic acids is 2. The van der Waals surface area contributed by atoms with Gasteiger partial charge in [-0.2, -0.15) is 0 Å². The van der Waals surface area contributed by atoms with Crippen molar-refractivity contribution in [1.29, 1.82) is 0 Å². The molecule has 2 aromatic rings. The molecular weight excluding hydrogens is 378 g/mol. The van der Waals surface area contributed by atoms with Crippen molar-refractivity contribution in [1.82, 2.24) is 20.2 Å². The van der Waals surface area contributed by atoms with Gasteiger partial charge in [0.25, 0.3) is 5.91 Å². The molecule has 0 bridgehead atoms. The standard InChI is InChI=1S/C23H27N5O2/c1-15-10-21-17(12-22(15)29)11-18(13-25-21)16(2)27-6-8-28(9-7-27)19-4-5-20(26-14-19)23(30)24-3/h4-5,10-11,13-14,16H,6-9,12H2,1-3H3,(H,24,30)/t16-/m1/s1. The molecular formula is C23H27N5O2. The minimum Gasteiger partial charge on any atom is -0.368 e. The van der Waals surface area contributed by atoms with Crippen molar-refractivity contribution in [3.05, 3.63) is 58.7 Å². The molecule has 0 saturated carbocycles. The molecule has 1 fully saturated rings. The first kappa shape index (κ1) is 20.2. The SMILES string of the molecule is CNC(=O)c1ccc(N2CCN([C@H](C)c3cnc4c(c3)CC(=O)C(C)=C4)CC2)cn1. The number of hydrogen-bond acceptors (Lipinski definition) is 6. The van der Waals surface area contributed by atoms with Gasteiger partial charge in [0.05, 0.1) is 17.6 Å². The Morgan fingerprint density at radius 1 is 1.13 bits per heavy atom. The van der Waals surface area contributed by atoms with Crippen molar-refractivity contribution in [2.75, 3.05) is 38.1 Å². The maximum Gasteiger partial charge on any atom is 0.269 e. The molecule has 3 heterocycles. The van der Waals surface area contributed by atoms with Crippen molar-refractivity contribution >= 4 is 23.5 Å². The number of allylic oxidation sites excluding steroid dienone is 1. The molecule has 30 heavy (non-hydrogen) atoms. The van der Waals surface area contributed by atoms with E-state index in [-0.39, 0.29) is 17.7 Å². The summed E-state index contributed by atoms with van der Waals surface area (Å²) in [6.45, 7) is 7.68. The van der Waals surface area contributed by atoms with Crippen molar-refractivity contribution in [3.63, 3.8) is 0 Å². The molecule has 156 valence electrons. The highest BCUT2D eigenvalue weighted by Gasteiger charge is 2.24. The molecule has 2 aromatic heterocycles. The van der Waals surface area contributed by atoms with Crippen LogP contribution in [0.15, 0.2) is 36.2 Å². The lowest BCUT2D eigenvalue weighted by Crippen LogP contribution is -2.47. The van der Waals surface area contributed by atoms with E-state index in [4.69, 9.17) is 0 Å². The third-order valence-corrected chi connectivity index (χ3v) is 6.08. The number of ketones is 1. The van der Waals surface area contributed by atoms with Gasteiger partial charge in [-0.1, -0.05) is 6.07 Å². The zero-order valence-corrected chi connectivity index (χ0v) is 17.7. The summed E-state index contributed by atoms with van der Waals surface area (Å²) in [5.74, 6) is 0.00460. The Morgan fingerprint density at radius 3 is 2.57 bits per heavy atom. The predicted octanol–water partition coefficient (Wildman–Crippen LogP) is 2.25. The van der Waals surface area contributed by atoms with Crippen LogP contribution >= 0.6 is 0 Å². The minimum atomic E-state index is -0.175. The number of fused-ring (bicyclic) bond motifs is 1. The molecule has 0 aromatic carbocycles. The number of piperazine rings is 1. The zero-order chi connectivity index (χ0) is 21.3. The molecule has 7 heteroatoms. The number of nitrogens with zero attached hydrogens (tertiary/aromatic N) is 4. The van der Waals surface area contributed by atoms with Gasteiger partial charge in [-0.15, -0.1) is 0 Å². The number of rotatable bonds is 4. The van der Waals surface area contributed by atoms with Crippen LogP contribution in [0.25, 0.3) is 6.08 Å². The Morgan fingerprint density at radius 2 is 1.90 bits per heavy atom. The average Bonchev–Trinajstić information content (AvgIpc) is 2.79. The van der Waals surface area contributed by atoms with Crippen LogP contribution in [0, 0.1) is 0 Å². The number of amides is 1. The number of carbonyl (C=O) groups is 2. The molecule has 1 atom stereocenters. The largest absolute Gasteiger partial charge is 0.368 e. The Bertz CT molecular complexity index is 991. The lowest BCUT2D eigenvalue weighted by atomic mass is 9.93. The van der Waals surface area contributed by atoms with E-state index in [1.807, 2.05) is 25.3 Å². The van der Waals surface area contributed by atoms with E-state index in [1.165, 1.54) is 0 Å². The second-order valence-electron chi connectivity index (χ2n) is 7.92. The lowest BCUT2D eigenvalue weighted by Gasteiger charge is -2.39. The normalized spacial score (nSPS) is 17.9. The highest BCUT2D eigenvalue weighted by atomic mass is 16.1. The van der Waals surface area contributed by atoms with Crippen LogP contribution in [0.3, 0.4) is 0 Å². The second-order valence-corrected chi connectivity index (χ2v) is 7.92. The van der Waals surface area contributed by atoms with E-state index >= 15 is 0 Å². The van der Waals surface area contributed by atoms with E-state index in [0.717, 1.165) is 54.3 Å². The van der Waals surface area contributed by atoms with E-state index in [1.54, 1.807) is 19.3 Å². The van der Waals surface area contributed by atoms with Gasteiger partial charge in [0.15, 0.2) is 5.78 Å².